The summed E-state index contributed by atoms with van der Waals surface area (Å²) in [6, 6.07) is 2.34. The van der Waals surface area contributed by atoms with Crippen LogP contribution in [0.25, 0.3) is 0 Å². The van der Waals surface area contributed by atoms with Crippen molar-refractivity contribution < 1.29 is 28.9 Å². The number of aliphatic hydroxyl groups excluding tert-OH is 2. The van der Waals surface area contributed by atoms with Gasteiger partial charge >= 0.3 is 0 Å². The van der Waals surface area contributed by atoms with Crippen LogP contribution in [0.5, 0.6) is 11.5 Å². The van der Waals surface area contributed by atoms with Crippen molar-refractivity contribution >= 4 is 16.9 Å². The van der Waals surface area contributed by atoms with E-state index in [0.717, 1.165) is 17.8 Å². The smallest absolute Gasteiger partial charge is 0.185 e. The van der Waals surface area contributed by atoms with Gasteiger partial charge in [-0.05, 0) is 6.07 Å². The first-order valence-electron chi connectivity index (χ1n) is 5.81. The Bertz CT molecular complexity index is 480. The number of carbonyl (C=O) groups excluding carboxylic acids is 1. The highest BCUT2D eigenvalue weighted by Crippen LogP contribution is 2.33. The zero-order valence-corrected chi connectivity index (χ0v) is 12.2. The Morgan fingerprint density at radius 2 is 1.85 bits per heavy atom. The molecule has 1 rings (SSSR count). The van der Waals surface area contributed by atoms with Gasteiger partial charge in [0.05, 0.1) is 20.3 Å². The molecule has 112 valence electrons. The lowest BCUT2D eigenvalue weighted by atomic mass is 10.0. The van der Waals surface area contributed by atoms with Crippen molar-refractivity contribution in [2.45, 2.75) is 19.1 Å². The molecule has 2 N–H and O–H groups in total. The minimum atomic E-state index is -1.46. The molecule has 0 saturated carbocycles. The third-order valence-electron chi connectivity index (χ3n) is 2.64. The number of thioether (sulfide) groups is 1. The summed E-state index contributed by atoms with van der Waals surface area (Å²) in [6.07, 6.45) is -2.72. The molecule has 0 aliphatic heterocycles. The largest absolute Gasteiger partial charge is 0.493 e. The molecule has 0 saturated heterocycles. The molecule has 0 bridgehead atoms. The van der Waals surface area contributed by atoms with Crippen molar-refractivity contribution in [1.29, 1.82) is 0 Å². The highest BCUT2D eigenvalue weighted by atomic mass is 32.2. The molecular weight excluding hydrogens is 287 g/mol. The first kappa shape index (κ1) is 16.7. The number of hydrogen-bond donors (Lipinski definition) is 2. The van der Waals surface area contributed by atoms with E-state index in [1.165, 1.54) is 27.2 Å². The summed E-state index contributed by atoms with van der Waals surface area (Å²) in [5.74, 6) is -0.311. The van der Waals surface area contributed by atoms with Crippen LogP contribution in [-0.4, -0.2) is 41.4 Å². The van der Waals surface area contributed by atoms with Crippen LogP contribution in [0.3, 0.4) is 0 Å². The first-order chi connectivity index (χ1) is 9.40. The van der Waals surface area contributed by atoms with Gasteiger partial charge in [0.1, 0.15) is 11.9 Å². The van der Waals surface area contributed by atoms with E-state index in [9.17, 15) is 19.4 Å². The molecule has 0 spiro atoms. The lowest BCUT2D eigenvalue weighted by molar-refractivity contribution is -0.109. The highest BCUT2D eigenvalue weighted by molar-refractivity contribution is 8.13. The molecule has 1 aromatic carbocycles. The van der Waals surface area contributed by atoms with Crippen LogP contribution in [0.15, 0.2) is 12.1 Å². The minimum Gasteiger partial charge on any atom is -0.493 e. The van der Waals surface area contributed by atoms with E-state index in [2.05, 4.69) is 0 Å². The number of benzene rings is 1. The van der Waals surface area contributed by atoms with E-state index < -0.39 is 18.0 Å². The summed E-state index contributed by atoms with van der Waals surface area (Å²) in [4.78, 5) is 10.8. The van der Waals surface area contributed by atoms with Crippen LogP contribution >= 0.6 is 11.8 Å². The second-order valence-electron chi connectivity index (χ2n) is 4.04. The summed E-state index contributed by atoms with van der Waals surface area (Å²) < 4.78 is 23.8. The molecule has 0 heterocycles. The summed E-state index contributed by atoms with van der Waals surface area (Å²) in [7, 11) is 2.75. The second-order valence-corrected chi connectivity index (χ2v) is 5.24. The maximum absolute atomic E-state index is 13.9. The van der Waals surface area contributed by atoms with Gasteiger partial charge in [-0.25, -0.2) is 4.39 Å². The summed E-state index contributed by atoms with van der Waals surface area (Å²) >= 11 is 0.859. The Balaban J connectivity index is 2.97. The number of aliphatic hydroxyl groups is 2. The van der Waals surface area contributed by atoms with Gasteiger partial charge in [-0.2, -0.15) is 0 Å². The van der Waals surface area contributed by atoms with Gasteiger partial charge in [0.15, 0.2) is 16.6 Å². The second kappa shape index (κ2) is 7.47. The average Bonchev–Trinajstić information content (AvgIpc) is 2.43. The summed E-state index contributed by atoms with van der Waals surface area (Å²) in [5.41, 5.74) is -0.112. The third-order valence-corrected chi connectivity index (χ3v) is 3.56. The monoisotopic (exact) mass is 304 g/mol. The molecule has 1 aromatic rings. The van der Waals surface area contributed by atoms with Crippen molar-refractivity contribution in [1.82, 2.24) is 0 Å². The standard InChI is InChI=1S/C13H17FO5S/c1-7(15)20-6-10(16)13(17)8-4-11(18-2)12(19-3)5-9(8)14/h4-5,10,13,16-17H,6H2,1-3H3. The quantitative estimate of drug-likeness (QED) is 0.830. The number of halogens is 1. The van der Waals surface area contributed by atoms with Crippen LogP contribution in [0, 0.1) is 5.82 Å². The number of rotatable bonds is 6. The van der Waals surface area contributed by atoms with Crippen molar-refractivity contribution in [3.05, 3.63) is 23.5 Å². The molecule has 20 heavy (non-hydrogen) atoms. The fourth-order valence-corrected chi connectivity index (χ4v) is 2.19. The van der Waals surface area contributed by atoms with Gasteiger partial charge in [-0.15, -0.1) is 0 Å². The Kier molecular flexibility index (Phi) is 6.25. The molecule has 0 amide bonds. The van der Waals surface area contributed by atoms with Crippen LogP contribution in [0.2, 0.25) is 0 Å². The molecule has 0 radical (unpaired) electrons. The van der Waals surface area contributed by atoms with Crippen LogP contribution in [0.1, 0.15) is 18.6 Å². The van der Waals surface area contributed by atoms with Crippen molar-refractivity contribution in [3.8, 4) is 11.5 Å². The van der Waals surface area contributed by atoms with Crippen molar-refractivity contribution in [2.75, 3.05) is 20.0 Å². The Morgan fingerprint density at radius 3 is 2.35 bits per heavy atom. The van der Waals surface area contributed by atoms with Crippen molar-refractivity contribution in [2.24, 2.45) is 0 Å². The molecule has 0 aromatic heterocycles. The number of carbonyl (C=O) groups is 1. The maximum Gasteiger partial charge on any atom is 0.185 e. The first-order valence-corrected chi connectivity index (χ1v) is 6.80. The zero-order valence-electron chi connectivity index (χ0n) is 11.4. The topological polar surface area (TPSA) is 76.0 Å². The van der Waals surface area contributed by atoms with Crippen LogP contribution in [-0.2, 0) is 4.79 Å². The van der Waals surface area contributed by atoms with Crippen LogP contribution in [0.4, 0.5) is 4.39 Å². The van der Waals surface area contributed by atoms with E-state index in [-0.39, 0.29) is 27.9 Å². The van der Waals surface area contributed by atoms with Crippen LogP contribution < -0.4 is 9.47 Å². The minimum absolute atomic E-state index is 0.0235. The Morgan fingerprint density at radius 1 is 1.30 bits per heavy atom. The predicted octanol–water partition coefficient (Wildman–Crippen LogP) is 1.52. The molecular formula is C13H17FO5S. The lowest BCUT2D eigenvalue weighted by Crippen LogP contribution is -2.22. The SMILES string of the molecule is COc1cc(F)c(C(O)C(O)CSC(C)=O)cc1OC. The molecule has 2 unspecified atom stereocenters. The molecule has 5 nitrogen and oxygen atoms in total. The van der Waals surface area contributed by atoms with E-state index in [4.69, 9.17) is 9.47 Å². The molecule has 0 aliphatic carbocycles. The zero-order chi connectivity index (χ0) is 15.3. The normalized spacial score (nSPS) is 13.7. The predicted molar refractivity (Wildman–Crippen MR) is 73.6 cm³/mol. The number of hydrogen-bond acceptors (Lipinski definition) is 6. The van der Waals surface area contributed by atoms with Gasteiger partial charge in [-0.3, -0.25) is 4.79 Å². The highest BCUT2D eigenvalue weighted by Gasteiger charge is 2.24. The molecule has 7 heteroatoms. The van der Waals surface area contributed by atoms with Gasteiger partial charge in [0.2, 0.25) is 0 Å². The van der Waals surface area contributed by atoms with E-state index in [1.54, 1.807) is 0 Å². The third kappa shape index (κ3) is 4.09. The van der Waals surface area contributed by atoms with E-state index >= 15 is 0 Å². The van der Waals surface area contributed by atoms with E-state index in [1.807, 2.05) is 0 Å². The fraction of sp³-hybridized carbons (Fsp3) is 0.462. The summed E-state index contributed by atoms with van der Waals surface area (Å²) in [5, 5.41) is 19.5. The van der Waals surface area contributed by atoms with Gasteiger partial charge in [0, 0.05) is 24.3 Å². The lowest BCUT2D eigenvalue weighted by Gasteiger charge is -2.19. The molecule has 0 fully saturated rings. The van der Waals surface area contributed by atoms with E-state index in [0.29, 0.717) is 0 Å². The Labute approximate surface area is 120 Å². The maximum atomic E-state index is 13.9. The van der Waals surface area contributed by atoms with Gasteiger partial charge < -0.3 is 19.7 Å². The summed E-state index contributed by atoms with van der Waals surface area (Å²) in [6.45, 7) is 1.35. The molecule has 0 aliphatic rings. The Hall–Kier alpha value is -1.31. The van der Waals surface area contributed by atoms with Gasteiger partial charge in [0.25, 0.3) is 0 Å². The number of ether oxygens (including phenoxy) is 2. The van der Waals surface area contributed by atoms with Gasteiger partial charge in [-0.1, -0.05) is 11.8 Å². The average molecular weight is 304 g/mol. The fourth-order valence-electron chi connectivity index (χ4n) is 1.60. The van der Waals surface area contributed by atoms with Crippen molar-refractivity contribution in [3.63, 3.8) is 0 Å². The number of methoxy groups -OCH3 is 2. The molecule has 2 atom stereocenters.